The molecule has 5 nitrogen and oxygen atoms in total. The third-order valence-electron chi connectivity index (χ3n) is 4.08. The lowest BCUT2D eigenvalue weighted by Gasteiger charge is -2.24. The van der Waals surface area contributed by atoms with Crippen LogP contribution in [0.5, 0.6) is 0 Å². The van der Waals surface area contributed by atoms with Crippen molar-refractivity contribution in [1.29, 1.82) is 0 Å². The highest BCUT2D eigenvalue weighted by Crippen LogP contribution is 2.32. The first kappa shape index (κ1) is 16.5. The van der Waals surface area contributed by atoms with E-state index in [0.29, 0.717) is 38.0 Å². The SMILES string of the molecule is CC(=O)N1CCCN(c2nc(C(F)(F)F)nc3ccccc23)CC1. The summed E-state index contributed by atoms with van der Waals surface area (Å²) in [5.74, 6) is -0.887. The Morgan fingerprint density at radius 1 is 1.08 bits per heavy atom. The van der Waals surface area contributed by atoms with Gasteiger partial charge in [-0.3, -0.25) is 4.79 Å². The second kappa shape index (κ2) is 6.26. The summed E-state index contributed by atoms with van der Waals surface area (Å²) < 4.78 is 39.3. The molecule has 0 saturated carbocycles. The zero-order valence-corrected chi connectivity index (χ0v) is 13.2. The average molecular weight is 338 g/mol. The quantitative estimate of drug-likeness (QED) is 0.802. The van der Waals surface area contributed by atoms with E-state index in [2.05, 4.69) is 9.97 Å². The van der Waals surface area contributed by atoms with Gasteiger partial charge in [-0.1, -0.05) is 12.1 Å². The number of para-hydroxylation sites is 1. The smallest absolute Gasteiger partial charge is 0.354 e. The number of carbonyl (C=O) groups is 1. The molecule has 24 heavy (non-hydrogen) atoms. The van der Waals surface area contributed by atoms with Crippen LogP contribution >= 0.6 is 0 Å². The van der Waals surface area contributed by atoms with Gasteiger partial charge in [-0.25, -0.2) is 9.97 Å². The molecule has 0 atom stereocenters. The highest BCUT2D eigenvalue weighted by atomic mass is 19.4. The second-order valence-corrected chi connectivity index (χ2v) is 5.73. The van der Waals surface area contributed by atoms with E-state index in [1.54, 1.807) is 29.2 Å². The Hall–Kier alpha value is -2.38. The van der Waals surface area contributed by atoms with Crippen molar-refractivity contribution in [3.8, 4) is 0 Å². The highest BCUT2D eigenvalue weighted by molar-refractivity contribution is 5.89. The zero-order chi connectivity index (χ0) is 17.3. The number of aromatic nitrogens is 2. The van der Waals surface area contributed by atoms with Gasteiger partial charge in [0.2, 0.25) is 11.7 Å². The number of benzene rings is 1. The van der Waals surface area contributed by atoms with Gasteiger partial charge in [-0.05, 0) is 18.6 Å². The molecule has 2 aromatic rings. The number of anilines is 1. The normalized spacial score (nSPS) is 16.3. The molecule has 0 radical (unpaired) electrons. The van der Waals surface area contributed by atoms with Gasteiger partial charge in [0, 0.05) is 38.5 Å². The summed E-state index contributed by atoms with van der Waals surface area (Å²) in [4.78, 5) is 22.5. The molecule has 1 saturated heterocycles. The number of nitrogens with zero attached hydrogens (tertiary/aromatic N) is 4. The van der Waals surface area contributed by atoms with E-state index < -0.39 is 12.0 Å². The van der Waals surface area contributed by atoms with Gasteiger partial charge < -0.3 is 9.80 Å². The van der Waals surface area contributed by atoms with Crippen LogP contribution in [0.25, 0.3) is 10.9 Å². The first-order valence-electron chi connectivity index (χ1n) is 7.70. The minimum absolute atomic E-state index is 0.0274. The zero-order valence-electron chi connectivity index (χ0n) is 13.2. The average Bonchev–Trinajstić information content (AvgIpc) is 2.79. The van der Waals surface area contributed by atoms with Crippen LogP contribution in [0.4, 0.5) is 19.0 Å². The van der Waals surface area contributed by atoms with Crippen molar-refractivity contribution in [2.24, 2.45) is 0 Å². The van der Waals surface area contributed by atoms with Crippen LogP contribution in [0, 0.1) is 0 Å². The van der Waals surface area contributed by atoms with Crippen LogP contribution in [0.3, 0.4) is 0 Å². The molecular formula is C16H17F3N4O. The van der Waals surface area contributed by atoms with Gasteiger partial charge in [0.1, 0.15) is 5.82 Å². The number of fused-ring (bicyclic) bond motifs is 1. The third kappa shape index (κ3) is 3.27. The van der Waals surface area contributed by atoms with Crippen molar-refractivity contribution in [2.45, 2.75) is 19.5 Å². The first-order chi connectivity index (χ1) is 11.4. The largest absolute Gasteiger partial charge is 0.451 e. The number of carbonyl (C=O) groups excluding carboxylic acids is 1. The number of alkyl halides is 3. The fourth-order valence-electron chi connectivity index (χ4n) is 2.87. The van der Waals surface area contributed by atoms with Crippen LogP contribution in [0.2, 0.25) is 0 Å². The molecule has 1 amide bonds. The molecule has 0 N–H and O–H groups in total. The Morgan fingerprint density at radius 3 is 2.54 bits per heavy atom. The molecule has 3 rings (SSSR count). The molecular weight excluding hydrogens is 321 g/mol. The van der Waals surface area contributed by atoms with E-state index in [1.807, 2.05) is 4.90 Å². The van der Waals surface area contributed by atoms with Gasteiger partial charge in [0.15, 0.2) is 0 Å². The second-order valence-electron chi connectivity index (χ2n) is 5.73. The summed E-state index contributed by atoms with van der Waals surface area (Å²) in [5.41, 5.74) is 0.266. The molecule has 1 aliphatic rings. The van der Waals surface area contributed by atoms with Crippen molar-refractivity contribution in [1.82, 2.24) is 14.9 Å². The van der Waals surface area contributed by atoms with Crippen LogP contribution < -0.4 is 4.90 Å². The van der Waals surface area contributed by atoms with Gasteiger partial charge in [-0.2, -0.15) is 13.2 Å². The lowest BCUT2D eigenvalue weighted by Crippen LogP contribution is -2.34. The molecule has 0 bridgehead atoms. The van der Waals surface area contributed by atoms with Crippen molar-refractivity contribution >= 4 is 22.6 Å². The van der Waals surface area contributed by atoms with Gasteiger partial charge in [-0.15, -0.1) is 0 Å². The van der Waals surface area contributed by atoms with Gasteiger partial charge in [0.05, 0.1) is 5.52 Å². The minimum atomic E-state index is -4.60. The minimum Gasteiger partial charge on any atom is -0.354 e. The van der Waals surface area contributed by atoms with Crippen LogP contribution in [0.15, 0.2) is 24.3 Å². The molecule has 1 aromatic carbocycles. The van der Waals surface area contributed by atoms with E-state index in [9.17, 15) is 18.0 Å². The van der Waals surface area contributed by atoms with E-state index >= 15 is 0 Å². The number of hydrogen-bond acceptors (Lipinski definition) is 4. The van der Waals surface area contributed by atoms with Crippen LogP contribution in [-0.2, 0) is 11.0 Å². The monoisotopic (exact) mass is 338 g/mol. The standard InChI is InChI=1S/C16H17F3N4O/c1-11(24)22-7-4-8-23(10-9-22)14-12-5-2-3-6-13(12)20-15(21-14)16(17,18)19/h2-3,5-6H,4,7-10H2,1H3. The Balaban J connectivity index is 2.03. The van der Waals surface area contributed by atoms with E-state index in [-0.39, 0.29) is 17.2 Å². The fraction of sp³-hybridized carbons (Fsp3) is 0.438. The first-order valence-corrected chi connectivity index (χ1v) is 7.70. The third-order valence-corrected chi connectivity index (χ3v) is 4.08. The Labute approximate surface area is 137 Å². The lowest BCUT2D eigenvalue weighted by molar-refractivity contribution is -0.144. The molecule has 2 heterocycles. The summed E-state index contributed by atoms with van der Waals surface area (Å²) >= 11 is 0. The number of rotatable bonds is 1. The summed E-state index contributed by atoms with van der Waals surface area (Å²) in [7, 11) is 0. The lowest BCUT2D eigenvalue weighted by atomic mass is 10.2. The van der Waals surface area contributed by atoms with Gasteiger partial charge >= 0.3 is 6.18 Å². The van der Waals surface area contributed by atoms with Crippen molar-refractivity contribution in [3.63, 3.8) is 0 Å². The molecule has 8 heteroatoms. The molecule has 1 fully saturated rings. The molecule has 128 valence electrons. The Bertz CT molecular complexity index is 763. The summed E-state index contributed by atoms with van der Waals surface area (Å²) in [5, 5.41) is 0.585. The van der Waals surface area contributed by atoms with E-state index in [0.717, 1.165) is 0 Å². The van der Waals surface area contributed by atoms with Crippen LogP contribution in [-0.4, -0.2) is 47.0 Å². The summed E-state index contributed by atoms with van der Waals surface area (Å²) in [6.07, 6.45) is -3.92. The van der Waals surface area contributed by atoms with E-state index in [1.165, 1.54) is 6.92 Å². The molecule has 0 unspecified atom stereocenters. The predicted octanol–water partition coefficient (Wildman–Crippen LogP) is 2.71. The van der Waals surface area contributed by atoms with E-state index in [4.69, 9.17) is 0 Å². The summed E-state index contributed by atoms with van der Waals surface area (Å²) in [6.45, 7) is 3.55. The molecule has 1 aromatic heterocycles. The number of amides is 1. The molecule has 0 spiro atoms. The van der Waals surface area contributed by atoms with Crippen molar-refractivity contribution < 1.29 is 18.0 Å². The maximum Gasteiger partial charge on any atom is 0.451 e. The van der Waals surface area contributed by atoms with Crippen LogP contribution in [0.1, 0.15) is 19.2 Å². The molecule has 1 aliphatic heterocycles. The molecule has 0 aliphatic carbocycles. The maximum absolute atomic E-state index is 13.1. The predicted molar refractivity (Wildman–Crippen MR) is 83.6 cm³/mol. The van der Waals surface area contributed by atoms with Gasteiger partial charge in [0.25, 0.3) is 0 Å². The van der Waals surface area contributed by atoms with Crippen molar-refractivity contribution in [2.75, 3.05) is 31.1 Å². The fourth-order valence-corrected chi connectivity index (χ4v) is 2.87. The summed E-state index contributed by atoms with van der Waals surface area (Å²) in [6, 6.07) is 6.68. The Kier molecular flexibility index (Phi) is 4.29. The number of hydrogen-bond donors (Lipinski definition) is 0. The topological polar surface area (TPSA) is 49.3 Å². The maximum atomic E-state index is 13.1. The number of halogens is 3. The van der Waals surface area contributed by atoms with Crippen molar-refractivity contribution in [3.05, 3.63) is 30.1 Å². The Morgan fingerprint density at radius 2 is 1.83 bits per heavy atom. The highest BCUT2D eigenvalue weighted by Gasteiger charge is 2.36.